The van der Waals surface area contributed by atoms with Crippen molar-refractivity contribution in [2.45, 2.75) is 44.8 Å². The first-order valence-corrected chi connectivity index (χ1v) is 14.7. The number of hydrogen-bond donors (Lipinski definition) is 1. The number of rotatable bonds is 13. The van der Waals surface area contributed by atoms with Gasteiger partial charge in [0.2, 0.25) is 0 Å². The summed E-state index contributed by atoms with van der Waals surface area (Å²) in [5.74, 6) is 1.32. The standard InChI is InChI=1S/C36H37NO6/c1-40-36(39)34(23-26-11-16-32(17-12-26)43-25-27-7-3-2-4-8-27)37-35(38)29-14-18-31(19-15-29)41-21-22-42-33-20-13-28-9-5-6-10-30(28)24-33/h2-4,7-8,11-20,24,34H,5-6,9-10,21-23,25H2,1H3,(H,37,38). The van der Waals surface area contributed by atoms with Crippen LogP contribution in [0.15, 0.2) is 97.1 Å². The Hall–Kier alpha value is -4.78. The number of benzene rings is 4. The van der Waals surface area contributed by atoms with E-state index in [4.69, 9.17) is 18.9 Å². The van der Waals surface area contributed by atoms with Crippen LogP contribution < -0.4 is 19.5 Å². The predicted octanol–water partition coefficient (Wildman–Crippen LogP) is 6.12. The van der Waals surface area contributed by atoms with E-state index in [9.17, 15) is 9.59 Å². The van der Waals surface area contributed by atoms with Crippen LogP contribution in [0.25, 0.3) is 0 Å². The Bertz CT molecular complexity index is 1480. The molecule has 1 amide bonds. The molecule has 0 radical (unpaired) electrons. The molecular formula is C36H37NO6. The maximum absolute atomic E-state index is 13.0. The molecule has 43 heavy (non-hydrogen) atoms. The summed E-state index contributed by atoms with van der Waals surface area (Å²) in [6.07, 6.45) is 5.03. The summed E-state index contributed by atoms with van der Waals surface area (Å²) in [6, 6.07) is 29.7. The van der Waals surface area contributed by atoms with Crippen molar-refractivity contribution in [3.05, 3.63) is 125 Å². The molecule has 1 atom stereocenters. The molecule has 0 bridgehead atoms. The van der Waals surface area contributed by atoms with Gasteiger partial charge in [-0.2, -0.15) is 0 Å². The lowest BCUT2D eigenvalue weighted by molar-refractivity contribution is -0.142. The lowest BCUT2D eigenvalue weighted by Crippen LogP contribution is -2.43. The van der Waals surface area contributed by atoms with Crippen molar-refractivity contribution in [1.82, 2.24) is 5.32 Å². The molecule has 0 aliphatic heterocycles. The minimum atomic E-state index is -0.842. The largest absolute Gasteiger partial charge is 0.490 e. The first-order valence-electron chi connectivity index (χ1n) is 14.7. The van der Waals surface area contributed by atoms with Crippen molar-refractivity contribution in [3.8, 4) is 17.2 Å². The summed E-state index contributed by atoms with van der Waals surface area (Å²) < 4.78 is 22.5. The Morgan fingerprint density at radius 1 is 0.698 bits per heavy atom. The van der Waals surface area contributed by atoms with E-state index in [1.807, 2.05) is 60.7 Å². The maximum Gasteiger partial charge on any atom is 0.328 e. The van der Waals surface area contributed by atoms with Crippen molar-refractivity contribution in [1.29, 1.82) is 0 Å². The van der Waals surface area contributed by atoms with E-state index in [2.05, 4.69) is 17.4 Å². The fourth-order valence-corrected chi connectivity index (χ4v) is 5.10. The van der Waals surface area contributed by atoms with Crippen molar-refractivity contribution in [2.75, 3.05) is 20.3 Å². The van der Waals surface area contributed by atoms with E-state index in [1.54, 1.807) is 24.3 Å². The molecule has 1 unspecified atom stereocenters. The van der Waals surface area contributed by atoms with Crippen LogP contribution in [-0.2, 0) is 35.4 Å². The zero-order valence-electron chi connectivity index (χ0n) is 24.4. The van der Waals surface area contributed by atoms with E-state index in [0.717, 1.165) is 35.5 Å². The molecule has 0 fully saturated rings. The van der Waals surface area contributed by atoms with Crippen LogP contribution >= 0.6 is 0 Å². The van der Waals surface area contributed by atoms with Gasteiger partial charge in [0.05, 0.1) is 7.11 Å². The molecule has 4 aromatic rings. The van der Waals surface area contributed by atoms with Crippen LogP contribution in [-0.4, -0.2) is 38.2 Å². The zero-order valence-corrected chi connectivity index (χ0v) is 24.4. The van der Waals surface area contributed by atoms with E-state index < -0.39 is 12.0 Å². The fourth-order valence-electron chi connectivity index (χ4n) is 5.10. The SMILES string of the molecule is COC(=O)C(Cc1ccc(OCc2ccccc2)cc1)NC(=O)c1ccc(OCCOc2ccc3c(c2)CCCC3)cc1. The van der Waals surface area contributed by atoms with Crippen LogP contribution in [0.1, 0.15) is 45.5 Å². The number of aryl methyl sites for hydroxylation is 2. The smallest absolute Gasteiger partial charge is 0.328 e. The minimum Gasteiger partial charge on any atom is -0.490 e. The number of methoxy groups -OCH3 is 1. The average molecular weight is 580 g/mol. The molecule has 0 aromatic heterocycles. The molecule has 4 aromatic carbocycles. The first kappa shape index (κ1) is 29.7. The van der Waals surface area contributed by atoms with E-state index in [-0.39, 0.29) is 12.3 Å². The van der Waals surface area contributed by atoms with Gasteiger partial charge in [0.15, 0.2) is 0 Å². The Morgan fingerprint density at radius 3 is 2.05 bits per heavy atom. The average Bonchev–Trinajstić information content (AvgIpc) is 3.06. The molecule has 1 aliphatic rings. The third kappa shape index (κ3) is 8.61. The highest BCUT2D eigenvalue weighted by molar-refractivity contribution is 5.96. The second kappa shape index (κ2) is 14.9. The van der Waals surface area contributed by atoms with Gasteiger partial charge in [0, 0.05) is 12.0 Å². The van der Waals surface area contributed by atoms with Crippen molar-refractivity contribution in [3.63, 3.8) is 0 Å². The van der Waals surface area contributed by atoms with Gasteiger partial charge in [-0.1, -0.05) is 48.5 Å². The molecule has 0 saturated heterocycles. The number of fused-ring (bicyclic) bond motifs is 1. The number of nitrogens with one attached hydrogen (secondary N) is 1. The van der Waals surface area contributed by atoms with E-state index in [0.29, 0.717) is 31.1 Å². The monoisotopic (exact) mass is 579 g/mol. The summed E-state index contributed by atoms with van der Waals surface area (Å²) in [4.78, 5) is 25.5. The number of amides is 1. The number of ether oxygens (including phenoxy) is 4. The van der Waals surface area contributed by atoms with Crippen LogP contribution in [0, 0.1) is 0 Å². The van der Waals surface area contributed by atoms with Gasteiger partial charge in [0.1, 0.15) is 43.1 Å². The molecule has 0 spiro atoms. The summed E-state index contributed by atoms with van der Waals surface area (Å²) in [5.41, 5.74) is 5.17. The number of esters is 1. The predicted molar refractivity (Wildman–Crippen MR) is 165 cm³/mol. The summed E-state index contributed by atoms with van der Waals surface area (Å²) in [6.45, 7) is 1.26. The Kier molecular flexibility index (Phi) is 10.3. The summed E-state index contributed by atoms with van der Waals surface area (Å²) in [7, 11) is 1.31. The van der Waals surface area contributed by atoms with Gasteiger partial charge in [-0.3, -0.25) is 4.79 Å². The minimum absolute atomic E-state index is 0.281. The molecule has 0 saturated carbocycles. The Morgan fingerprint density at radius 2 is 1.33 bits per heavy atom. The van der Waals surface area contributed by atoms with Gasteiger partial charge in [0.25, 0.3) is 5.91 Å². The number of carbonyl (C=O) groups excluding carboxylic acids is 2. The topological polar surface area (TPSA) is 83.1 Å². The molecular weight excluding hydrogens is 542 g/mol. The van der Waals surface area contributed by atoms with Gasteiger partial charge in [-0.15, -0.1) is 0 Å². The zero-order chi connectivity index (χ0) is 29.9. The highest BCUT2D eigenvalue weighted by Gasteiger charge is 2.23. The first-order chi connectivity index (χ1) is 21.1. The second-order valence-electron chi connectivity index (χ2n) is 10.5. The fraction of sp³-hybridized carbons (Fsp3) is 0.278. The maximum atomic E-state index is 13.0. The lowest BCUT2D eigenvalue weighted by Gasteiger charge is -2.17. The van der Waals surface area contributed by atoms with Crippen LogP contribution in [0.2, 0.25) is 0 Å². The number of carbonyl (C=O) groups is 2. The van der Waals surface area contributed by atoms with Gasteiger partial charge < -0.3 is 24.3 Å². The highest BCUT2D eigenvalue weighted by atomic mass is 16.5. The van der Waals surface area contributed by atoms with Crippen molar-refractivity contribution in [2.24, 2.45) is 0 Å². The van der Waals surface area contributed by atoms with E-state index >= 15 is 0 Å². The van der Waals surface area contributed by atoms with Crippen LogP contribution in [0.4, 0.5) is 0 Å². The molecule has 7 nitrogen and oxygen atoms in total. The Balaban J connectivity index is 1.09. The molecule has 222 valence electrons. The van der Waals surface area contributed by atoms with Gasteiger partial charge >= 0.3 is 5.97 Å². The molecule has 0 heterocycles. The second-order valence-corrected chi connectivity index (χ2v) is 10.5. The third-order valence-electron chi connectivity index (χ3n) is 7.46. The van der Waals surface area contributed by atoms with Gasteiger partial charge in [-0.25, -0.2) is 4.79 Å². The third-order valence-corrected chi connectivity index (χ3v) is 7.46. The van der Waals surface area contributed by atoms with Gasteiger partial charge in [-0.05, 0) is 96.5 Å². The van der Waals surface area contributed by atoms with Crippen molar-refractivity contribution < 1.29 is 28.5 Å². The number of hydrogen-bond acceptors (Lipinski definition) is 6. The lowest BCUT2D eigenvalue weighted by atomic mass is 9.92. The highest BCUT2D eigenvalue weighted by Crippen LogP contribution is 2.25. The molecule has 5 rings (SSSR count). The van der Waals surface area contributed by atoms with Crippen LogP contribution in [0.5, 0.6) is 17.2 Å². The molecule has 1 aliphatic carbocycles. The van der Waals surface area contributed by atoms with Crippen molar-refractivity contribution >= 4 is 11.9 Å². The molecule has 1 N–H and O–H groups in total. The summed E-state index contributed by atoms with van der Waals surface area (Å²) >= 11 is 0. The van der Waals surface area contributed by atoms with E-state index in [1.165, 1.54) is 31.1 Å². The molecule has 7 heteroatoms. The van der Waals surface area contributed by atoms with Crippen LogP contribution in [0.3, 0.4) is 0 Å². The normalized spacial score (nSPS) is 12.9. The Labute approximate surface area is 252 Å². The summed E-state index contributed by atoms with van der Waals surface area (Å²) in [5, 5.41) is 2.80. The quantitative estimate of drug-likeness (QED) is 0.152.